The summed E-state index contributed by atoms with van der Waals surface area (Å²) >= 11 is 0. The van der Waals surface area contributed by atoms with Crippen molar-refractivity contribution in [1.29, 1.82) is 5.41 Å². The number of nitrogens with one attached hydrogen (secondary N) is 2. The minimum atomic E-state index is 0.450. The van der Waals surface area contributed by atoms with Crippen LogP contribution >= 0.6 is 0 Å². The van der Waals surface area contributed by atoms with Crippen LogP contribution in [0, 0.1) is 5.41 Å². The Kier molecular flexibility index (Phi) is 6.21. The lowest BCUT2D eigenvalue weighted by molar-refractivity contribution is 0.792. The average Bonchev–Trinajstić information content (AvgIpc) is 2.70. The number of para-hydroxylation sites is 1. The smallest absolute Gasteiger partial charge is 0.0776 e. The number of allylic oxidation sites excluding steroid dienone is 3. The van der Waals surface area contributed by atoms with Crippen molar-refractivity contribution >= 4 is 28.5 Å². The summed E-state index contributed by atoms with van der Waals surface area (Å²) in [6, 6.07) is 18.2. The fraction of sp³-hybridized carbons (Fsp3) is 0.217. The van der Waals surface area contributed by atoms with Gasteiger partial charge in [-0.15, -0.1) is 0 Å². The van der Waals surface area contributed by atoms with E-state index in [1.807, 2.05) is 54.6 Å². The molecule has 0 amide bonds. The highest BCUT2D eigenvalue weighted by molar-refractivity contribution is 6.21. The molecule has 0 saturated heterocycles. The molecule has 1 aliphatic rings. The van der Waals surface area contributed by atoms with Gasteiger partial charge >= 0.3 is 0 Å². The molecule has 4 nitrogen and oxygen atoms in total. The lowest BCUT2D eigenvalue weighted by Crippen LogP contribution is -2.23. The first-order chi connectivity index (χ1) is 13.2. The van der Waals surface area contributed by atoms with Gasteiger partial charge in [-0.3, -0.25) is 5.41 Å². The van der Waals surface area contributed by atoms with Gasteiger partial charge in [-0.05, 0) is 68.0 Å². The van der Waals surface area contributed by atoms with Crippen molar-refractivity contribution in [2.45, 2.75) is 20.3 Å². The predicted octanol–water partition coefficient (Wildman–Crippen LogP) is 5.58. The van der Waals surface area contributed by atoms with E-state index in [9.17, 15) is 0 Å². The van der Waals surface area contributed by atoms with Crippen LogP contribution < -0.4 is 10.2 Å². The fourth-order valence-electron chi connectivity index (χ4n) is 3.01. The molecule has 0 aromatic heterocycles. The summed E-state index contributed by atoms with van der Waals surface area (Å²) in [7, 11) is 0. The van der Waals surface area contributed by atoms with E-state index < -0.39 is 0 Å². The summed E-state index contributed by atoms with van der Waals surface area (Å²) in [5, 5.41) is 11.4. The summed E-state index contributed by atoms with van der Waals surface area (Å²) < 4.78 is 0. The number of hydrogen-bond acceptors (Lipinski definition) is 4. The second kappa shape index (κ2) is 8.99. The highest BCUT2D eigenvalue weighted by atomic mass is 15.1. The normalized spacial score (nSPS) is 15.0. The molecular formula is C23H26N4. The first-order valence-electron chi connectivity index (χ1n) is 9.44. The van der Waals surface area contributed by atoms with Gasteiger partial charge in [0.2, 0.25) is 0 Å². The molecule has 0 unspecified atom stereocenters. The van der Waals surface area contributed by atoms with Crippen LogP contribution in [-0.2, 0) is 0 Å². The van der Waals surface area contributed by atoms with Crippen LogP contribution in [-0.4, -0.2) is 24.5 Å². The van der Waals surface area contributed by atoms with Gasteiger partial charge in [0.05, 0.1) is 22.8 Å². The Hall–Kier alpha value is -3.14. The standard InChI is InChI=1S/C23H26N4/c1-3-16-27(4-2)21-13-10-19(11-14-21)25-20-12-15-22(24)23(17-20)26-18-8-6-5-7-9-18/h5-15,17,24,26H,3-4,16H2,1-2H3/b24-22?,25-20+. The van der Waals surface area contributed by atoms with Gasteiger partial charge in [-0.1, -0.05) is 25.1 Å². The van der Waals surface area contributed by atoms with E-state index in [1.165, 1.54) is 5.69 Å². The molecule has 27 heavy (non-hydrogen) atoms. The van der Waals surface area contributed by atoms with Crippen LogP contribution in [0.15, 0.2) is 83.5 Å². The second-order valence-corrected chi connectivity index (χ2v) is 6.43. The minimum Gasteiger partial charge on any atom is -0.372 e. The van der Waals surface area contributed by atoms with E-state index in [1.54, 1.807) is 6.08 Å². The predicted molar refractivity (Wildman–Crippen MR) is 117 cm³/mol. The number of nitrogens with zero attached hydrogens (tertiary/aromatic N) is 2. The number of benzene rings is 2. The van der Waals surface area contributed by atoms with Crippen molar-refractivity contribution in [3.05, 3.63) is 78.5 Å². The van der Waals surface area contributed by atoms with Crippen LogP contribution in [0.25, 0.3) is 0 Å². The molecule has 2 aromatic carbocycles. The van der Waals surface area contributed by atoms with Crippen molar-refractivity contribution in [1.82, 2.24) is 0 Å². The summed E-state index contributed by atoms with van der Waals surface area (Å²) in [6.45, 7) is 6.44. The van der Waals surface area contributed by atoms with E-state index in [-0.39, 0.29) is 0 Å². The number of rotatable bonds is 7. The quantitative estimate of drug-likeness (QED) is 0.635. The molecule has 0 bridgehead atoms. The summed E-state index contributed by atoms with van der Waals surface area (Å²) in [5.41, 5.74) is 5.13. The van der Waals surface area contributed by atoms with E-state index in [0.29, 0.717) is 5.71 Å². The SMILES string of the molecule is CCCN(CC)c1ccc(/N=C2\C=CC(=N)C(Nc3ccccc3)=C2)cc1. The third-order valence-electron chi connectivity index (χ3n) is 4.40. The van der Waals surface area contributed by atoms with Crippen LogP contribution in [0.3, 0.4) is 0 Å². The van der Waals surface area contributed by atoms with Gasteiger partial charge in [0.15, 0.2) is 0 Å². The molecular weight excluding hydrogens is 332 g/mol. The summed E-state index contributed by atoms with van der Waals surface area (Å²) in [4.78, 5) is 7.08. The first kappa shape index (κ1) is 18.6. The summed E-state index contributed by atoms with van der Waals surface area (Å²) in [6.07, 6.45) is 6.70. The molecule has 0 fully saturated rings. The van der Waals surface area contributed by atoms with Gasteiger partial charge in [0, 0.05) is 24.5 Å². The van der Waals surface area contributed by atoms with E-state index in [0.717, 1.165) is 42.3 Å². The molecule has 0 aliphatic heterocycles. The first-order valence-corrected chi connectivity index (χ1v) is 9.44. The van der Waals surface area contributed by atoms with Crippen molar-refractivity contribution in [2.75, 3.05) is 23.3 Å². The maximum atomic E-state index is 8.12. The van der Waals surface area contributed by atoms with Crippen molar-refractivity contribution < 1.29 is 0 Å². The molecule has 0 spiro atoms. The minimum absolute atomic E-state index is 0.450. The zero-order valence-corrected chi connectivity index (χ0v) is 15.9. The van der Waals surface area contributed by atoms with Crippen LogP contribution in [0.5, 0.6) is 0 Å². The molecule has 0 saturated carbocycles. The van der Waals surface area contributed by atoms with Crippen molar-refractivity contribution in [3.63, 3.8) is 0 Å². The zero-order valence-electron chi connectivity index (χ0n) is 15.9. The fourth-order valence-corrected chi connectivity index (χ4v) is 3.01. The Labute approximate surface area is 161 Å². The van der Waals surface area contributed by atoms with Gasteiger partial charge in [-0.25, -0.2) is 4.99 Å². The molecule has 2 aromatic rings. The van der Waals surface area contributed by atoms with Gasteiger partial charge in [-0.2, -0.15) is 0 Å². The molecule has 0 heterocycles. The number of anilines is 2. The molecule has 3 rings (SSSR count). The molecule has 1 aliphatic carbocycles. The Morgan fingerprint density at radius 3 is 2.37 bits per heavy atom. The third kappa shape index (κ3) is 4.94. The van der Waals surface area contributed by atoms with Crippen molar-refractivity contribution in [3.8, 4) is 0 Å². The maximum Gasteiger partial charge on any atom is 0.0776 e. The Bertz CT molecular complexity index is 861. The number of hydrogen-bond donors (Lipinski definition) is 2. The molecule has 0 radical (unpaired) electrons. The van der Waals surface area contributed by atoms with Gasteiger partial charge in [0.25, 0.3) is 0 Å². The number of aliphatic imine (C=N–C) groups is 1. The van der Waals surface area contributed by atoms with Crippen LogP contribution in [0.4, 0.5) is 17.1 Å². The molecule has 0 atom stereocenters. The Morgan fingerprint density at radius 1 is 0.963 bits per heavy atom. The van der Waals surface area contributed by atoms with E-state index in [4.69, 9.17) is 10.4 Å². The molecule has 2 N–H and O–H groups in total. The highest BCUT2D eigenvalue weighted by Crippen LogP contribution is 2.21. The van der Waals surface area contributed by atoms with Gasteiger partial charge in [0.1, 0.15) is 0 Å². The Morgan fingerprint density at radius 2 is 1.70 bits per heavy atom. The molecule has 4 heteroatoms. The lowest BCUT2D eigenvalue weighted by Gasteiger charge is -2.22. The molecule has 138 valence electrons. The zero-order chi connectivity index (χ0) is 19.1. The maximum absolute atomic E-state index is 8.12. The van der Waals surface area contributed by atoms with Gasteiger partial charge < -0.3 is 10.2 Å². The van der Waals surface area contributed by atoms with Crippen LogP contribution in [0.1, 0.15) is 20.3 Å². The van der Waals surface area contributed by atoms with E-state index >= 15 is 0 Å². The third-order valence-corrected chi connectivity index (χ3v) is 4.40. The van der Waals surface area contributed by atoms with Crippen LogP contribution in [0.2, 0.25) is 0 Å². The van der Waals surface area contributed by atoms with E-state index in [2.05, 4.69) is 36.2 Å². The average molecular weight is 358 g/mol. The Balaban J connectivity index is 1.77. The highest BCUT2D eigenvalue weighted by Gasteiger charge is 2.09. The second-order valence-electron chi connectivity index (χ2n) is 6.43. The lowest BCUT2D eigenvalue weighted by atomic mass is 10.1. The summed E-state index contributed by atoms with van der Waals surface area (Å²) in [5.74, 6) is 0. The van der Waals surface area contributed by atoms with Crippen molar-refractivity contribution in [2.24, 2.45) is 4.99 Å². The largest absolute Gasteiger partial charge is 0.372 e. The topological polar surface area (TPSA) is 51.5 Å². The monoisotopic (exact) mass is 358 g/mol.